The van der Waals surface area contributed by atoms with Crippen molar-refractivity contribution in [1.29, 1.82) is 0 Å². The molecule has 2 aromatic rings. The molecule has 0 fully saturated rings. The second-order valence-corrected chi connectivity index (χ2v) is 7.13. The number of hydrogen-bond donors (Lipinski definition) is 0. The van der Waals surface area contributed by atoms with Crippen LogP contribution in [0.25, 0.3) is 0 Å². The molecule has 2 atom stereocenters. The van der Waals surface area contributed by atoms with Crippen LogP contribution in [0.1, 0.15) is 47.9 Å². The van der Waals surface area contributed by atoms with Gasteiger partial charge in [-0.1, -0.05) is 37.3 Å². The van der Waals surface area contributed by atoms with Crippen LogP contribution in [0, 0.1) is 12.8 Å². The Balaban J connectivity index is 1.79. The number of fused-ring (bicyclic) bond motifs is 3. The third-order valence-electron chi connectivity index (χ3n) is 5.51. The normalized spacial score (nSPS) is 20.5. The van der Waals surface area contributed by atoms with Gasteiger partial charge in [0, 0.05) is 22.6 Å². The van der Waals surface area contributed by atoms with Crippen molar-refractivity contribution in [2.45, 2.75) is 45.6 Å². The molecule has 1 aliphatic heterocycles. The van der Waals surface area contributed by atoms with Crippen LogP contribution >= 0.6 is 0 Å². The molecule has 2 aromatic carbocycles. The van der Waals surface area contributed by atoms with E-state index in [0.717, 1.165) is 53.1 Å². The first-order valence-corrected chi connectivity index (χ1v) is 9.29. The zero-order chi connectivity index (χ0) is 18.1. The van der Waals surface area contributed by atoms with Crippen molar-refractivity contribution >= 4 is 6.29 Å². The van der Waals surface area contributed by atoms with Crippen molar-refractivity contribution in [2.24, 2.45) is 5.92 Å². The predicted octanol–water partition coefficient (Wildman–Crippen LogP) is 4.56. The third kappa shape index (κ3) is 2.83. The van der Waals surface area contributed by atoms with Gasteiger partial charge in [0.15, 0.2) is 11.5 Å². The van der Waals surface area contributed by atoms with Crippen molar-refractivity contribution in [2.75, 3.05) is 6.79 Å². The van der Waals surface area contributed by atoms with E-state index in [1.165, 1.54) is 5.56 Å². The topological polar surface area (TPSA) is 44.8 Å². The molecular weight excluding hydrogens is 328 g/mol. The van der Waals surface area contributed by atoms with Gasteiger partial charge >= 0.3 is 0 Å². The number of carbonyl (C=O) groups is 1. The molecule has 4 rings (SSSR count). The minimum Gasteiger partial charge on any atom is -0.488 e. The summed E-state index contributed by atoms with van der Waals surface area (Å²) < 4.78 is 17.9. The molecule has 136 valence electrons. The number of carbonyl (C=O) groups excluding carboxylic acids is 1. The number of hydrogen-bond acceptors (Lipinski definition) is 4. The van der Waals surface area contributed by atoms with Crippen molar-refractivity contribution in [3.05, 3.63) is 52.6 Å². The lowest BCUT2D eigenvalue weighted by molar-refractivity contribution is -0.111. The van der Waals surface area contributed by atoms with Crippen LogP contribution in [0.15, 0.2) is 30.3 Å². The van der Waals surface area contributed by atoms with Gasteiger partial charge in [-0.05, 0) is 37.7 Å². The quantitative estimate of drug-likeness (QED) is 0.740. The van der Waals surface area contributed by atoms with Crippen LogP contribution in [-0.4, -0.2) is 13.1 Å². The molecule has 0 aromatic heterocycles. The highest BCUT2D eigenvalue weighted by atomic mass is 16.7. The summed E-state index contributed by atoms with van der Waals surface area (Å²) in [6.07, 6.45) is 3.63. The Bertz CT molecular complexity index is 813. The molecule has 0 saturated carbocycles. The second kappa shape index (κ2) is 7.02. The summed E-state index contributed by atoms with van der Waals surface area (Å²) in [7, 11) is 0. The monoisotopic (exact) mass is 352 g/mol. The van der Waals surface area contributed by atoms with Crippen LogP contribution in [0.5, 0.6) is 17.2 Å². The number of aldehydes is 1. The van der Waals surface area contributed by atoms with Gasteiger partial charge in [0.25, 0.3) is 0 Å². The molecule has 4 heteroatoms. The van der Waals surface area contributed by atoms with Crippen molar-refractivity contribution in [1.82, 2.24) is 0 Å². The van der Waals surface area contributed by atoms with E-state index in [0.29, 0.717) is 18.9 Å². The fourth-order valence-electron chi connectivity index (χ4n) is 4.21. The van der Waals surface area contributed by atoms with Crippen molar-refractivity contribution < 1.29 is 19.0 Å². The van der Waals surface area contributed by atoms with Crippen LogP contribution in [-0.2, 0) is 17.8 Å². The number of ether oxygens (including phenoxy) is 3. The van der Waals surface area contributed by atoms with Gasteiger partial charge in [0.05, 0.1) is 0 Å². The van der Waals surface area contributed by atoms with Crippen LogP contribution in [0.3, 0.4) is 0 Å². The summed E-state index contributed by atoms with van der Waals surface area (Å²) in [6.45, 7) is 4.92. The van der Waals surface area contributed by atoms with E-state index in [1.54, 1.807) is 0 Å². The van der Waals surface area contributed by atoms with E-state index >= 15 is 0 Å². The molecule has 1 heterocycles. The summed E-state index contributed by atoms with van der Waals surface area (Å²) in [4.78, 5) is 11.5. The fourth-order valence-corrected chi connectivity index (χ4v) is 4.21. The van der Waals surface area contributed by atoms with Crippen LogP contribution < -0.4 is 14.2 Å². The van der Waals surface area contributed by atoms with Crippen molar-refractivity contribution in [3.63, 3.8) is 0 Å². The zero-order valence-corrected chi connectivity index (χ0v) is 15.3. The van der Waals surface area contributed by atoms with Gasteiger partial charge in [-0.2, -0.15) is 0 Å². The first-order valence-electron chi connectivity index (χ1n) is 9.29. The lowest BCUT2D eigenvalue weighted by Gasteiger charge is -2.31. The Morgan fingerprint density at radius 1 is 1.19 bits per heavy atom. The van der Waals surface area contributed by atoms with Crippen LogP contribution in [0.2, 0.25) is 0 Å². The lowest BCUT2D eigenvalue weighted by Crippen LogP contribution is -2.21. The van der Waals surface area contributed by atoms with Gasteiger partial charge in [-0.15, -0.1) is 0 Å². The molecule has 0 amide bonds. The maximum atomic E-state index is 11.5. The van der Waals surface area contributed by atoms with E-state index in [1.807, 2.05) is 25.1 Å². The Morgan fingerprint density at radius 3 is 2.69 bits per heavy atom. The van der Waals surface area contributed by atoms with Gasteiger partial charge in [-0.25, -0.2) is 0 Å². The van der Waals surface area contributed by atoms with Gasteiger partial charge < -0.3 is 19.0 Å². The summed E-state index contributed by atoms with van der Waals surface area (Å²) in [6, 6.07) is 10.1. The SMILES string of the molecule is CC[C@@H]1C[C@H](C=O)Cc2c(OCc3ccccc3)c(C)c3c(c21)OCO3. The largest absolute Gasteiger partial charge is 0.488 e. The van der Waals surface area contributed by atoms with E-state index in [-0.39, 0.29) is 12.7 Å². The standard InChI is InChI=1S/C22H24O4/c1-3-17-9-16(11-23)10-18-19(17)22-21(25-13-26-22)14(2)20(18)24-12-15-7-5-4-6-8-15/h4-8,11,16-17H,3,9-10,12-13H2,1-2H3/t16-,17+/m0/s1. The highest BCUT2D eigenvalue weighted by molar-refractivity contribution is 5.67. The molecule has 0 N–H and O–H groups in total. The van der Waals surface area contributed by atoms with Gasteiger partial charge in [-0.3, -0.25) is 0 Å². The molecule has 0 saturated heterocycles. The molecule has 0 spiro atoms. The summed E-state index contributed by atoms with van der Waals surface area (Å²) in [5.74, 6) is 2.85. The minimum atomic E-state index is 0.0336. The first kappa shape index (κ1) is 17.0. The molecule has 26 heavy (non-hydrogen) atoms. The van der Waals surface area contributed by atoms with E-state index in [4.69, 9.17) is 14.2 Å². The third-order valence-corrected chi connectivity index (χ3v) is 5.51. The highest BCUT2D eigenvalue weighted by Crippen LogP contribution is 2.53. The van der Waals surface area contributed by atoms with Crippen molar-refractivity contribution in [3.8, 4) is 17.2 Å². The summed E-state index contributed by atoms with van der Waals surface area (Å²) in [5.41, 5.74) is 4.39. The molecule has 2 aliphatic rings. The van der Waals surface area contributed by atoms with E-state index in [2.05, 4.69) is 19.1 Å². The average molecular weight is 352 g/mol. The Hall–Kier alpha value is -2.49. The highest BCUT2D eigenvalue weighted by Gasteiger charge is 2.36. The van der Waals surface area contributed by atoms with Gasteiger partial charge in [0.2, 0.25) is 6.79 Å². The molecular formula is C22H24O4. The minimum absolute atomic E-state index is 0.0336. The average Bonchev–Trinajstić information content (AvgIpc) is 3.17. The number of rotatable bonds is 5. The molecule has 0 radical (unpaired) electrons. The summed E-state index contributed by atoms with van der Waals surface area (Å²) in [5, 5.41) is 0. The predicted molar refractivity (Wildman–Crippen MR) is 99.0 cm³/mol. The molecule has 4 nitrogen and oxygen atoms in total. The Labute approximate surface area is 154 Å². The lowest BCUT2D eigenvalue weighted by atomic mass is 9.74. The summed E-state index contributed by atoms with van der Waals surface area (Å²) >= 11 is 0. The molecule has 1 aliphatic carbocycles. The van der Waals surface area contributed by atoms with E-state index < -0.39 is 0 Å². The zero-order valence-electron chi connectivity index (χ0n) is 15.3. The maximum Gasteiger partial charge on any atom is 0.231 e. The fraction of sp³-hybridized carbons (Fsp3) is 0.409. The molecule has 0 bridgehead atoms. The maximum absolute atomic E-state index is 11.5. The Kier molecular flexibility index (Phi) is 4.58. The molecule has 0 unspecified atom stereocenters. The number of benzene rings is 2. The van der Waals surface area contributed by atoms with Gasteiger partial charge in [0.1, 0.15) is 18.6 Å². The van der Waals surface area contributed by atoms with E-state index in [9.17, 15) is 4.79 Å². The first-order chi connectivity index (χ1) is 12.7. The second-order valence-electron chi connectivity index (χ2n) is 7.13. The Morgan fingerprint density at radius 2 is 1.96 bits per heavy atom. The smallest absolute Gasteiger partial charge is 0.231 e. The van der Waals surface area contributed by atoms with Crippen LogP contribution in [0.4, 0.5) is 0 Å².